The Bertz CT molecular complexity index is 1280. The van der Waals surface area contributed by atoms with Gasteiger partial charge in [0, 0.05) is 17.8 Å². The van der Waals surface area contributed by atoms with Crippen molar-refractivity contribution in [3.05, 3.63) is 65.9 Å². The molecule has 0 saturated carbocycles. The van der Waals surface area contributed by atoms with Crippen molar-refractivity contribution < 1.29 is 13.2 Å². The molecule has 0 bridgehead atoms. The summed E-state index contributed by atoms with van der Waals surface area (Å²) >= 11 is 0. The average Bonchev–Trinajstić information content (AvgIpc) is 3.41. The molecule has 1 aromatic heterocycles. The summed E-state index contributed by atoms with van der Waals surface area (Å²) in [6.07, 6.45) is 2.44. The summed E-state index contributed by atoms with van der Waals surface area (Å²) in [5.41, 5.74) is 3.39. The molecule has 4 rings (SSSR count). The molecule has 0 atom stereocenters. The highest BCUT2D eigenvalue weighted by Crippen LogP contribution is 2.33. The van der Waals surface area contributed by atoms with Crippen molar-refractivity contribution in [2.45, 2.75) is 24.3 Å². The van der Waals surface area contributed by atoms with Crippen molar-refractivity contribution in [1.82, 2.24) is 14.5 Å². The van der Waals surface area contributed by atoms with Crippen LogP contribution in [0.25, 0.3) is 11.3 Å². The molecule has 158 valence electrons. The minimum Gasteiger partial charge on any atom is -0.308 e. The summed E-state index contributed by atoms with van der Waals surface area (Å²) in [7, 11) is -2.27. The molecule has 0 unspecified atom stereocenters. The van der Waals surface area contributed by atoms with Crippen LogP contribution in [0.2, 0.25) is 0 Å². The first-order chi connectivity index (χ1) is 15.0. The van der Waals surface area contributed by atoms with E-state index in [2.05, 4.69) is 15.9 Å². The van der Waals surface area contributed by atoms with Gasteiger partial charge in [-0.1, -0.05) is 36.4 Å². The van der Waals surface area contributed by atoms with Crippen molar-refractivity contribution >= 4 is 21.6 Å². The quantitative estimate of drug-likeness (QED) is 0.640. The fraction of sp³-hybridized carbons (Fsp3) is 0.227. The molecule has 1 aliphatic rings. The minimum absolute atomic E-state index is 0.112. The molecule has 2 aromatic carbocycles. The van der Waals surface area contributed by atoms with Crippen LogP contribution in [-0.2, 0) is 23.0 Å². The Kier molecular flexibility index (Phi) is 5.59. The first kappa shape index (κ1) is 20.8. The van der Waals surface area contributed by atoms with Crippen LogP contribution in [0.1, 0.15) is 22.3 Å². The topological polar surface area (TPSA) is 108 Å². The van der Waals surface area contributed by atoms with Gasteiger partial charge in [0.15, 0.2) is 0 Å². The largest absolute Gasteiger partial charge is 0.308 e. The van der Waals surface area contributed by atoms with Crippen LogP contribution in [0.3, 0.4) is 0 Å². The lowest BCUT2D eigenvalue weighted by Gasteiger charge is -2.19. The van der Waals surface area contributed by atoms with Gasteiger partial charge in [-0.25, -0.2) is 13.1 Å². The Balaban J connectivity index is 1.77. The first-order valence-electron chi connectivity index (χ1n) is 9.83. The third kappa shape index (κ3) is 3.83. The number of carbonyl (C=O) groups excluding carboxylic acids is 1. The molecular formula is C22H21N5O3S. The number of sulfonamides is 1. The van der Waals surface area contributed by atoms with Gasteiger partial charge in [0.25, 0.3) is 5.91 Å². The number of hydrogen-bond donors (Lipinski definition) is 1. The number of hydrogen-bond acceptors (Lipinski definition) is 5. The molecule has 3 aromatic rings. The van der Waals surface area contributed by atoms with E-state index in [1.807, 2.05) is 30.3 Å². The van der Waals surface area contributed by atoms with E-state index in [-0.39, 0.29) is 17.2 Å². The number of benzene rings is 2. The molecule has 8 nitrogen and oxygen atoms in total. The summed E-state index contributed by atoms with van der Waals surface area (Å²) in [5.74, 6) is -0.250. The van der Waals surface area contributed by atoms with E-state index in [4.69, 9.17) is 5.26 Å². The molecule has 0 radical (unpaired) electrons. The van der Waals surface area contributed by atoms with Gasteiger partial charge in [0.2, 0.25) is 10.0 Å². The Morgan fingerprint density at radius 1 is 1.23 bits per heavy atom. The second kappa shape index (κ2) is 8.34. The van der Waals surface area contributed by atoms with E-state index < -0.39 is 10.0 Å². The number of anilines is 1. The molecule has 0 fully saturated rings. The normalized spacial score (nSPS) is 13.1. The maximum absolute atomic E-state index is 13.6. The predicted molar refractivity (Wildman–Crippen MR) is 116 cm³/mol. The van der Waals surface area contributed by atoms with Crippen LogP contribution in [-0.4, -0.2) is 37.7 Å². The third-order valence-electron chi connectivity index (χ3n) is 5.33. The molecule has 0 saturated heterocycles. The van der Waals surface area contributed by atoms with Crippen LogP contribution in [0.5, 0.6) is 0 Å². The van der Waals surface area contributed by atoms with E-state index in [9.17, 15) is 13.2 Å². The number of nitrogens with one attached hydrogen (secondary N) is 1. The van der Waals surface area contributed by atoms with Gasteiger partial charge in [-0.2, -0.15) is 10.4 Å². The van der Waals surface area contributed by atoms with E-state index in [0.29, 0.717) is 36.5 Å². The third-order valence-corrected chi connectivity index (χ3v) is 6.74. The highest BCUT2D eigenvalue weighted by molar-refractivity contribution is 7.89. The van der Waals surface area contributed by atoms with E-state index >= 15 is 0 Å². The number of fused-ring (bicyclic) bond motifs is 1. The van der Waals surface area contributed by atoms with E-state index in [1.54, 1.807) is 21.7 Å². The summed E-state index contributed by atoms with van der Waals surface area (Å²) < 4.78 is 28.5. The monoisotopic (exact) mass is 435 g/mol. The molecule has 1 N–H and O–H groups in total. The van der Waals surface area contributed by atoms with E-state index in [1.165, 1.54) is 19.3 Å². The minimum atomic E-state index is -3.63. The second-order valence-corrected chi connectivity index (χ2v) is 9.00. The van der Waals surface area contributed by atoms with Gasteiger partial charge in [0.1, 0.15) is 0 Å². The molecule has 0 spiro atoms. The van der Waals surface area contributed by atoms with Crippen LogP contribution in [0, 0.1) is 11.3 Å². The number of nitrogens with zero attached hydrogens (tertiary/aromatic N) is 4. The van der Waals surface area contributed by atoms with Crippen LogP contribution in [0.4, 0.5) is 5.69 Å². The highest BCUT2D eigenvalue weighted by atomic mass is 32.2. The second-order valence-electron chi connectivity index (χ2n) is 7.11. The van der Waals surface area contributed by atoms with Gasteiger partial charge < -0.3 is 4.90 Å². The molecular weight excluding hydrogens is 414 g/mol. The zero-order valence-corrected chi connectivity index (χ0v) is 17.8. The number of aryl methyl sites for hydroxylation is 1. The Morgan fingerprint density at radius 3 is 2.71 bits per heavy atom. The molecule has 31 heavy (non-hydrogen) atoms. The van der Waals surface area contributed by atoms with Crippen molar-refractivity contribution in [3.63, 3.8) is 0 Å². The smallest absolute Gasteiger partial charge is 0.262 e. The highest BCUT2D eigenvalue weighted by Gasteiger charge is 2.30. The molecule has 0 aliphatic carbocycles. The van der Waals surface area contributed by atoms with Crippen LogP contribution < -0.4 is 9.62 Å². The maximum Gasteiger partial charge on any atom is 0.262 e. The van der Waals surface area contributed by atoms with Crippen molar-refractivity contribution in [3.8, 4) is 17.3 Å². The Hall–Kier alpha value is -3.48. The van der Waals surface area contributed by atoms with Crippen LogP contribution >= 0.6 is 0 Å². The summed E-state index contributed by atoms with van der Waals surface area (Å²) in [4.78, 5) is 15.3. The first-order valence-corrected chi connectivity index (χ1v) is 11.3. The van der Waals surface area contributed by atoms with Gasteiger partial charge in [-0.15, -0.1) is 0 Å². The van der Waals surface area contributed by atoms with Gasteiger partial charge in [-0.05, 0) is 31.2 Å². The number of nitriles is 1. The fourth-order valence-electron chi connectivity index (χ4n) is 3.77. The fourth-order valence-corrected chi connectivity index (χ4v) is 4.52. The maximum atomic E-state index is 13.6. The van der Waals surface area contributed by atoms with Gasteiger partial charge >= 0.3 is 0 Å². The van der Waals surface area contributed by atoms with Crippen molar-refractivity contribution in [2.75, 3.05) is 18.5 Å². The lowest BCUT2D eigenvalue weighted by molar-refractivity contribution is 0.0990. The molecule has 1 aliphatic heterocycles. The lowest BCUT2D eigenvalue weighted by Crippen LogP contribution is -2.29. The number of aromatic nitrogens is 2. The lowest BCUT2D eigenvalue weighted by atomic mass is 10.1. The van der Waals surface area contributed by atoms with Crippen molar-refractivity contribution in [1.29, 1.82) is 5.26 Å². The zero-order chi connectivity index (χ0) is 22.0. The molecule has 2 heterocycles. The Labute approximate surface area is 180 Å². The van der Waals surface area contributed by atoms with Crippen molar-refractivity contribution in [2.24, 2.45) is 0 Å². The van der Waals surface area contributed by atoms with Crippen LogP contribution in [0.15, 0.2) is 59.6 Å². The summed E-state index contributed by atoms with van der Waals surface area (Å²) in [5, 5.41) is 13.3. The number of amides is 1. The molecule has 1 amide bonds. The van der Waals surface area contributed by atoms with Gasteiger partial charge in [0.05, 0.1) is 41.4 Å². The van der Waals surface area contributed by atoms with Gasteiger partial charge in [-0.3, -0.25) is 9.48 Å². The summed E-state index contributed by atoms with van der Waals surface area (Å²) in [6.45, 7) is 0.823. The standard InChI is InChI=1S/C22H21N5O3S/c1-24-31(29,30)18-9-8-16-10-13-26(20(16)14-18)22(28)19-15-25-27(12-5-11-23)21(19)17-6-3-2-4-7-17/h2-4,6-9,14-15,24H,5,10,12-13H2,1H3. The SMILES string of the molecule is CNS(=O)(=O)c1ccc2c(c1)N(C(=O)c1cnn(CCC#N)c1-c1ccccc1)CC2. The zero-order valence-electron chi connectivity index (χ0n) is 16.9. The number of rotatable bonds is 6. The predicted octanol–water partition coefficient (Wildman–Crippen LogP) is 2.57. The van der Waals surface area contributed by atoms with E-state index in [0.717, 1.165) is 11.1 Å². The summed E-state index contributed by atoms with van der Waals surface area (Å²) in [6, 6.07) is 16.4. The molecule has 9 heteroatoms. The average molecular weight is 436 g/mol. The Morgan fingerprint density at radius 2 is 2.00 bits per heavy atom. The number of carbonyl (C=O) groups is 1.